The minimum absolute atomic E-state index is 0. The van der Waals surface area contributed by atoms with E-state index in [4.69, 9.17) is 0 Å². The predicted molar refractivity (Wildman–Crippen MR) is 152 cm³/mol. The van der Waals surface area contributed by atoms with Gasteiger partial charge in [-0.25, -0.2) is 4.79 Å². The molecule has 0 aromatic heterocycles. The van der Waals surface area contributed by atoms with E-state index in [1.807, 2.05) is 67.6 Å². The van der Waals surface area contributed by atoms with Crippen molar-refractivity contribution < 1.29 is 24.1 Å². The summed E-state index contributed by atoms with van der Waals surface area (Å²) in [5.41, 5.74) is 1.08. The first kappa shape index (κ1) is 31.4. The topological polar surface area (TPSA) is 98.2 Å². The number of aryl methyl sites for hydroxylation is 1. The molecule has 0 spiro atoms. The summed E-state index contributed by atoms with van der Waals surface area (Å²) in [7, 11) is -0.824. The van der Waals surface area contributed by atoms with E-state index in [1.165, 1.54) is 4.90 Å². The SMILES string of the molecule is C[C@@](CCc1ccccc1)(C(=O)N1CCC[C@H]1C(=O)N1CCC[C@H]1C(=O)O)N(CCc1ccccc1)[PH+]=O.[Na]. The van der Waals surface area contributed by atoms with Crippen LogP contribution in [-0.4, -0.2) is 104 Å². The molecule has 1 radical (unpaired) electrons. The van der Waals surface area contributed by atoms with E-state index in [1.54, 1.807) is 9.57 Å². The van der Waals surface area contributed by atoms with Crippen LogP contribution < -0.4 is 0 Å². The molecule has 2 aromatic rings. The monoisotopic (exact) mass is 561 g/mol. The molecular weight excluding hydrogens is 524 g/mol. The van der Waals surface area contributed by atoms with Crippen LogP contribution in [0.2, 0.25) is 0 Å². The van der Waals surface area contributed by atoms with E-state index in [9.17, 15) is 24.1 Å². The van der Waals surface area contributed by atoms with Gasteiger partial charge in [0.1, 0.15) is 17.6 Å². The Hall–Kier alpha value is -2.09. The van der Waals surface area contributed by atoms with Crippen molar-refractivity contribution in [1.82, 2.24) is 14.5 Å². The van der Waals surface area contributed by atoms with Crippen molar-refractivity contribution in [1.29, 1.82) is 0 Å². The normalized spacial score (nSPS) is 20.6. The largest absolute Gasteiger partial charge is 0.480 e. The standard InChI is InChI=1S/C29H36N3O5P.Na/c1-29(18-16-22-10-4-2-5-11-22,32(38-37)21-17-23-12-6-3-7-13-23)28(36)31-20-8-14-24(31)26(33)30-19-9-15-25(30)27(34)35;/h2-7,10-13,24-25H,8-9,14-21H2,1H3,(H,34,35);/p+1/t24-,25-,29+;/m0./s1. The first-order valence-corrected chi connectivity index (χ1v) is 14.3. The van der Waals surface area contributed by atoms with Crippen LogP contribution in [0.1, 0.15) is 50.2 Å². The Kier molecular flexibility index (Phi) is 11.7. The van der Waals surface area contributed by atoms with Gasteiger partial charge in [0.2, 0.25) is 11.8 Å². The third-order valence-electron chi connectivity index (χ3n) is 8.00. The number of nitrogens with zero attached hydrogens (tertiary/aromatic N) is 3. The predicted octanol–water partition coefficient (Wildman–Crippen LogP) is 3.55. The summed E-state index contributed by atoms with van der Waals surface area (Å²) in [6.07, 6.45) is 3.95. The van der Waals surface area contributed by atoms with Crippen LogP contribution in [-0.2, 0) is 31.8 Å². The van der Waals surface area contributed by atoms with E-state index in [-0.39, 0.29) is 41.4 Å². The Labute approximate surface area is 254 Å². The fourth-order valence-corrected chi connectivity index (χ4v) is 6.34. The van der Waals surface area contributed by atoms with Crippen LogP contribution in [0.15, 0.2) is 60.7 Å². The maximum absolute atomic E-state index is 14.3. The fourth-order valence-electron chi connectivity index (χ4n) is 5.72. The number of hydrogen-bond acceptors (Lipinski definition) is 4. The summed E-state index contributed by atoms with van der Waals surface area (Å²) in [5.74, 6) is -1.50. The van der Waals surface area contributed by atoms with Crippen LogP contribution in [0.3, 0.4) is 0 Å². The molecule has 203 valence electrons. The van der Waals surface area contributed by atoms with Crippen molar-refractivity contribution in [2.75, 3.05) is 19.6 Å². The number of amides is 2. The van der Waals surface area contributed by atoms with Gasteiger partial charge in [0.25, 0.3) is 0 Å². The van der Waals surface area contributed by atoms with Gasteiger partial charge in [0.15, 0.2) is 0 Å². The summed E-state index contributed by atoms with van der Waals surface area (Å²) >= 11 is 0. The quantitative estimate of drug-likeness (QED) is 0.333. The second kappa shape index (κ2) is 14.5. The molecule has 0 saturated carbocycles. The molecular formula is C29H37N3NaO5P+. The smallest absolute Gasteiger partial charge is 0.421 e. The summed E-state index contributed by atoms with van der Waals surface area (Å²) in [6, 6.07) is 18.3. The zero-order valence-corrected chi connectivity index (χ0v) is 25.9. The van der Waals surface area contributed by atoms with E-state index in [0.717, 1.165) is 11.1 Å². The number of carboxylic acid groups (broad SMARTS) is 1. The zero-order valence-electron chi connectivity index (χ0n) is 22.9. The number of aliphatic carboxylic acids is 1. The molecule has 1 N–H and O–H groups in total. The molecule has 4 rings (SSSR count). The maximum atomic E-state index is 14.3. The summed E-state index contributed by atoms with van der Waals surface area (Å²) in [4.78, 5) is 42.6. The van der Waals surface area contributed by atoms with Gasteiger partial charge in [0, 0.05) is 49.2 Å². The third kappa shape index (κ3) is 7.36. The molecule has 1 unspecified atom stereocenters. The van der Waals surface area contributed by atoms with E-state index < -0.39 is 32.2 Å². The molecule has 2 saturated heterocycles. The maximum Gasteiger partial charge on any atom is 0.421 e. The van der Waals surface area contributed by atoms with Crippen LogP contribution in [0, 0.1) is 0 Å². The van der Waals surface area contributed by atoms with Gasteiger partial charge in [-0.3, -0.25) is 9.59 Å². The summed E-state index contributed by atoms with van der Waals surface area (Å²) in [5, 5.41) is 9.60. The Morgan fingerprint density at radius 1 is 0.897 bits per heavy atom. The number of carbonyl (C=O) groups excluding carboxylic acids is 2. The Morgan fingerprint density at radius 2 is 1.44 bits per heavy atom. The van der Waals surface area contributed by atoms with Crippen molar-refractivity contribution in [3.05, 3.63) is 71.8 Å². The first-order chi connectivity index (χ1) is 18.3. The number of hydrogen-bond donors (Lipinski definition) is 1. The van der Waals surface area contributed by atoms with Gasteiger partial charge in [-0.15, -0.1) is 0 Å². The number of carboxylic acids is 1. The Balaban J connectivity index is 0.00000420. The molecule has 2 heterocycles. The van der Waals surface area contributed by atoms with Gasteiger partial charge in [-0.2, -0.15) is 0 Å². The van der Waals surface area contributed by atoms with Crippen molar-refractivity contribution in [2.24, 2.45) is 0 Å². The van der Waals surface area contributed by atoms with Crippen LogP contribution in [0.4, 0.5) is 0 Å². The number of likely N-dealkylation sites (tertiary alicyclic amines) is 2. The number of benzene rings is 2. The minimum atomic E-state index is -1.09. The molecule has 2 amide bonds. The minimum Gasteiger partial charge on any atom is -0.480 e. The summed E-state index contributed by atoms with van der Waals surface area (Å²) in [6.45, 7) is 3.09. The second-order valence-corrected chi connectivity index (χ2v) is 11.1. The first-order valence-electron chi connectivity index (χ1n) is 13.4. The van der Waals surface area contributed by atoms with Crippen LogP contribution >= 0.6 is 8.61 Å². The molecule has 2 aromatic carbocycles. The molecule has 8 nitrogen and oxygen atoms in total. The van der Waals surface area contributed by atoms with Gasteiger partial charge < -0.3 is 14.9 Å². The molecule has 4 atom stereocenters. The average molecular weight is 562 g/mol. The van der Waals surface area contributed by atoms with Crippen molar-refractivity contribution in [2.45, 2.75) is 69.5 Å². The molecule has 2 fully saturated rings. The second-order valence-electron chi connectivity index (χ2n) is 10.4. The summed E-state index contributed by atoms with van der Waals surface area (Å²) < 4.78 is 14.4. The molecule has 2 aliphatic heterocycles. The van der Waals surface area contributed by atoms with Gasteiger partial charge in [0.05, 0.1) is 0 Å². The number of carbonyl (C=O) groups is 3. The molecule has 0 aliphatic carbocycles. The van der Waals surface area contributed by atoms with Crippen molar-refractivity contribution in [3.63, 3.8) is 0 Å². The van der Waals surface area contributed by atoms with Gasteiger partial charge in [-0.05, 0) is 63.0 Å². The van der Waals surface area contributed by atoms with Gasteiger partial charge in [-0.1, -0.05) is 69.9 Å². The van der Waals surface area contributed by atoms with Crippen molar-refractivity contribution >= 4 is 56.0 Å². The average Bonchev–Trinajstić information content (AvgIpc) is 3.63. The Morgan fingerprint density at radius 3 is 2.00 bits per heavy atom. The Bertz CT molecular complexity index is 1140. The van der Waals surface area contributed by atoms with E-state index in [0.29, 0.717) is 64.6 Å². The molecule has 0 bridgehead atoms. The third-order valence-corrected chi connectivity index (χ3v) is 8.93. The zero-order chi connectivity index (χ0) is 27.1. The van der Waals surface area contributed by atoms with Crippen LogP contribution in [0.25, 0.3) is 0 Å². The van der Waals surface area contributed by atoms with Gasteiger partial charge >= 0.3 is 14.6 Å². The molecule has 10 heteroatoms. The van der Waals surface area contributed by atoms with E-state index in [2.05, 4.69) is 0 Å². The fraction of sp³-hybridized carbons (Fsp3) is 0.483. The van der Waals surface area contributed by atoms with E-state index >= 15 is 0 Å². The molecule has 2 aliphatic rings. The van der Waals surface area contributed by atoms with Crippen molar-refractivity contribution in [3.8, 4) is 0 Å². The number of rotatable bonds is 11. The van der Waals surface area contributed by atoms with Crippen LogP contribution in [0.5, 0.6) is 0 Å². The molecule has 39 heavy (non-hydrogen) atoms.